The summed E-state index contributed by atoms with van der Waals surface area (Å²) in [4.78, 5) is 7.88. The lowest BCUT2D eigenvalue weighted by atomic mass is 10.2. The van der Waals surface area contributed by atoms with Crippen LogP contribution in [0.3, 0.4) is 0 Å². The van der Waals surface area contributed by atoms with E-state index in [-0.39, 0.29) is 0 Å². The summed E-state index contributed by atoms with van der Waals surface area (Å²) < 4.78 is 1.27. The number of rotatable bonds is 3. The van der Waals surface area contributed by atoms with Crippen molar-refractivity contribution in [1.29, 1.82) is 0 Å². The molecule has 0 spiro atoms. The van der Waals surface area contributed by atoms with E-state index in [2.05, 4.69) is 62.9 Å². The van der Waals surface area contributed by atoms with Gasteiger partial charge in [0.05, 0.1) is 11.0 Å². The third kappa shape index (κ3) is 2.70. The number of fused-ring (bicyclic) bond motifs is 1. The minimum absolute atomic E-state index is 0.941. The molecule has 2 aromatic carbocycles. The highest BCUT2D eigenvalue weighted by atomic mass is 127. The molecule has 0 fully saturated rings. The summed E-state index contributed by atoms with van der Waals surface area (Å²) in [7, 11) is 0. The number of thioether (sulfide) groups is 1. The first-order valence-corrected chi connectivity index (χ1v) is 7.70. The van der Waals surface area contributed by atoms with Crippen molar-refractivity contribution in [2.24, 2.45) is 0 Å². The Morgan fingerprint density at radius 3 is 2.61 bits per heavy atom. The maximum Gasteiger partial charge on any atom is 0.166 e. The number of aromatic nitrogens is 2. The average molecular weight is 366 g/mol. The van der Waals surface area contributed by atoms with Crippen LogP contribution in [-0.4, -0.2) is 9.97 Å². The summed E-state index contributed by atoms with van der Waals surface area (Å²) in [6.07, 6.45) is 0. The molecule has 0 unspecified atom stereocenters. The minimum Gasteiger partial charge on any atom is -0.333 e. The van der Waals surface area contributed by atoms with E-state index in [0.717, 1.165) is 21.9 Å². The van der Waals surface area contributed by atoms with Crippen molar-refractivity contribution in [3.05, 3.63) is 57.7 Å². The molecule has 0 bridgehead atoms. The number of nitrogens with zero attached hydrogens (tertiary/aromatic N) is 1. The predicted molar refractivity (Wildman–Crippen MR) is 84.8 cm³/mol. The van der Waals surface area contributed by atoms with Crippen molar-refractivity contribution in [3.8, 4) is 0 Å². The van der Waals surface area contributed by atoms with Gasteiger partial charge in [-0.05, 0) is 52.4 Å². The van der Waals surface area contributed by atoms with Gasteiger partial charge in [0.15, 0.2) is 5.16 Å². The molecule has 0 aliphatic carbocycles. The Kier molecular flexibility index (Phi) is 3.56. The fourth-order valence-electron chi connectivity index (χ4n) is 1.73. The molecular weight excluding hydrogens is 355 g/mol. The second-order valence-corrected chi connectivity index (χ2v) is 6.18. The summed E-state index contributed by atoms with van der Waals surface area (Å²) in [5, 5.41) is 0.981. The molecule has 0 saturated heterocycles. The molecule has 1 heterocycles. The van der Waals surface area contributed by atoms with Crippen LogP contribution in [0.1, 0.15) is 5.56 Å². The van der Waals surface area contributed by atoms with Crippen LogP contribution in [0, 0.1) is 3.57 Å². The lowest BCUT2D eigenvalue weighted by Gasteiger charge is -1.99. The zero-order chi connectivity index (χ0) is 12.4. The predicted octanol–water partition coefficient (Wildman–Crippen LogP) is 4.46. The highest BCUT2D eigenvalue weighted by Gasteiger charge is 2.02. The van der Waals surface area contributed by atoms with Gasteiger partial charge in [0.1, 0.15) is 0 Å². The second kappa shape index (κ2) is 5.32. The Hall–Kier alpha value is -1.01. The minimum atomic E-state index is 0.941. The molecule has 2 nitrogen and oxygen atoms in total. The third-order valence-corrected chi connectivity index (χ3v) is 4.32. The van der Waals surface area contributed by atoms with Crippen LogP contribution in [-0.2, 0) is 5.75 Å². The fourth-order valence-corrected chi connectivity index (χ4v) is 2.93. The Balaban J connectivity index is 1.74. The Morgan fingerprint density at radius 1 is 1.06 bits per heavy atom. The van der Waals surface area contributed by atoms with Gasteiger partial charge >= 0.3 is 0 Å². The van der Waals surface area contributed by atoms with Gasteiger partial charge in [0, 0.05) is 9.32 Å². The molecule has 0 atom stereocenters. The second-order valence-electron chi connectivity index (χ2n) is 3.97. The molecule has 1 aromatic heterocycles. The lowest BCUT2D eigenvalue weighted by Crippen LogP contribution is -1.82. The van der Waals surface area contributed by atoms with Crippen molar-refractivity contribution in [2.45, 2.75) is 10.9 Å². The highest BCUT2D eigenvalue weighted by Crippen LogP contribution is 2.23. The monoisotopic (exact) mass is 366 g/mol. The summed E-state index contributed by atoms with van der Waals surface area (Å²) in [6, 6.07) is 16.7. The summed E-state index contributed by atoms with van der Waals surface area (Å²) in [5.41, 5.74) is 3.45. The van der Waals surface area contributed by atoms with Crippen molar-refractivity contribution < 1.29 is 0 Å². The number of aromatic amines is 1. The smallest absolute Gasteiger partial charge is 0.166 e. The largest absolute Gasteiger partial charge is 0.333 e. The molecule has 3 rings (SSSR count). The van der Waals surface area contributed by atoms with Gasteiger partial charge in [-0.1, -0.05) is 36.0 Å². The first kappa shape index (κ1) is 12.0. The maximum absolute atomic E-state index is 4.55. The first-order valence-electron chi connectivity index (χ1n) is 5.63. The number of nitrogens with one attached hydrogen (secondary N) is 1. The molecule has 90 valence electrons. The van der Waals surface area contributed by atoms with E-state index in [4.69, 9.17) is 0 Å². The highest BCUT2D eigenvalue weighted by molar-refractivity contribution is 14.1. The van der Waals surface area contributed by atoms with Gasteiger partial charge < -0.3 is 4.98 Å². The standard InChI is InChI=1S/C14H11IN2S/c15-11-7-5-10(6-8-11)9-18-14-16-12-3-1-2-4-13(12)17-14/h1-8H,9H2,(H,16,17). The Morgan fingerprint density at radius 2 is 1.83 bits per heavy atom. The number of para-hydroxylation sites is 2. The first-order chi connectivity index (χ1) is 8.81. The number of hydrogen-bond donors (Lipinski definition) is 1. The van der Waals surface area contributed by atoms with Gasteiger partial charge in [-0.3, -0.25) is 0 Å². The molecule has 0 aliphatic heterocycles. The van der Waals surface area contributed by atoms with Crippen LogP contribution in [0.25, 0.3) is 11.0 Å². The topological polar surface area (TPSA) is 28.7 Å². The van der Waals surface area contributed by atoms with Gasteiger partial charge in [-0.25, -0.2) is 4.98 Å². The van der Waals surface area contributed by atoms with E-state index in [1.165, 1.54) is 9.13 Å². The van der Waals surface area contributed by atoms with E-state index >= 15 is 0 Å². The van der Waals surface area contributed by atoms with E-state index < -0.39 is 0 Å². The molecular formula is C14H11IN2S. The van der Waals surface area contributed by atoms with Crippen molar-refractivity contribution in [2.75, 3.05) is 0 Å². The Labute approximate surface area is 123 Å². The zero-order valence-corrected chi connectivity index (χ0v) is 12.5. The van der Waals surface area contributed by atoms with E-state index in [1.807, 2.05) is 18.2 Å². The van der Waals surface area contributed by atoms with Crippen LogP contribution in [0.4, 0.5) is 0 Å². The SMILES string of the molecule is Ic1ccc(CSc2nc3ccccc3[nH]2)cc1. The van der Waals surface area contributed by atoms with Crippen molar-refractivity contribution in [1.82, 2.24) is 9.97 Å². The maximum atomic E-state index is 4.55. The van der Waals surface area contributed by atoms with Crippen LogP contribution in [0.2, 0.25) is 0 Å². The molecule has 0 saturated carbocycles. The zero-order valence-electron chi connectivity index (χ0n) is 9.56. The molecule has 0 amide bonds. The summed E-state index contributed by atoms with van der Waals surface area (Å²) in [6.45, 7) is 0. The molecule has 4 heteroatoms. The number of hydrogen-bond acceptors (Lipinski definition) is 2. The Bertz CT molecular complexity index is 628. The van der Waals surface area contributed by atoms with E-state index in [1.54, 1.807) is 11.8 Å². The van der Waals surface area contributed by atoms with Gasteiger partial charge in [-0.2, -0.15) is 0 Å². The third-order valence-electron chi connectivity index (χ3n) is 2.66. The summed E-state index contributed by atoms with van der Waals surface area (Å²) in [5.74, 6) is 0.941. The molecule has 3 aromatic rings. The van der Waals surface area contributed by atoms with Gasteiger partial charge in [0.2, 0.25) is 0 Å². The van der Waals surface area contributed by atoms with E-state index in [0.29, 0.717) is 0 Å². The number of H-pyrrole nitrogens is 1. The average Bonchev–Trinajstić information content (AvgIpc) is 2.81. The number of halogens is 1. The lowest BCUT2D eigenvalue weighted by molar-refractivity contribution is 1.08. The van der Waals surface area contributed by atoms with Crippen molar-refractivity contribution in [3.63, 3.8) is 0 Å². The molecule has 1 N–H and O–H groups in total. The number of benzene rings is 2. The van der Waals surface area contributed by atoms with Crippen LogP contribution < -0.4 is 0 Å². The quantitative estimate of drug-likeness (QED) is 0.548. The molecule has 0 radical (unpaired) electrons. The fraction of sp³-hybridized carbons (Fsp3) is 0.0714. The molecule has 18 heavy (non-hydrogen) atoms. The van der Waals surface area contributed by atoms with Crippen molar-refractivity contribution >= 4 is 45.4 Å². The van der Waals surface area contributed by atoms with Crippen LogP contribution in [0.15, 0.2) is 53.7 Å². The molecule has 0 aliphatic rings. The normalized spacial score (nSPS) is 10.9. The number of imidazole rings is 1. The van der Waals surface area contributed by atoms with Gasteiger partial charge in [-0.15, -0.1) is 0 Å². The summed E-state index contributed by atoms with van der Waals surface area (Å²) >= 11 is 4.06. The van der Waals surface area contributed by atoms with E-state index in [9.17, 15) is 0 Å². The van der Waals surface area contributed by atoms with Crippen LogP contribution >= 0.6 is 34.4 Å². The van der Waals surface area contributed by atoms with Gasteiger partial charge in [0.25, 0.3) is 0 Å². The van der Waals surface area contributed by atoms with Crippen LogP contribution in [0.5, 0.6) is 0 Å².